The van der Waals surface area contributed by atoms with Crippen LogP contribution >= 0.6 is 33.9 Å². The van der Waals surface area contributed by atoms with Crippen molar-refractivity contribution in [2.24, 2.45) is 0 Å². The van der Waals surface area contributed by atoms with Crippen LogP contribution in [0.15, 0.2) is 24.3 Å². The molecule has 1 N–H and O–H groups in total. The number of hydrogen-bond donors (Lipinski definition) is 1. The van der Waals surface area contributed by atoms with Crippen molar-refractivity contribution in [3.63, 3.8) is 0 Å². The van der Waals surface area contributed by atoms with Crippen LogP contribution in [0.25, 0.3) is 10.1 Å². The number of amides is 1. The molecule has 1 aromatic carbocycles. The topological polar surface area (TPSA) is 29.1 Å². The van der Waals surface area contributed by atoms with Crippen molar-refractivity contribution >= 4 is 49.9 Å². The molecule has 96 valence electrons. The van der Waals surface area contributed by atoms with E-state index in [1.807, 2.05) is 6.07 Å². The number of fused-ring (bicyclic) bond motifs is 1. The fourth-order valence-electron chi connectivity index (χ4n) is 1.63. The third-order valence-corrected chi connectivity index (χ3v) is 4.41. The molecule has 1 heterocycles. The van der Waals surface area contributed by atoms with Gasteiger partial charge < -0.3 is 5.32 Å². The maximum Gasteiger partial charge on any atom is 0.261 e. The van der Waals surface area contributed by atoms with Crippen molar-refractivity contribution in [1.29, 1.82) is 0 Å². The standard InChI is InChI=1S/C13H13FINOS/c14-10-4-3-9-7-12(18-11(9)8-10)13(17)16-6-2-1-5-15/h3-4,7-8H,1-2,5-6H2,(H,16,17). The Hall–Kier alpha value is -0.690. The van der Waals surface area contributed by atoms with E-state index in [0.717, 1.165) is 27.4 Å². The lowest BCUT2D eigenvalue weighted by atomic mass is 10.2. The van der Waals surface area contributed by atoms with Gasteiger partial charge in [-0.2, -0.15) is 0 Å². The molecule has 0 unspecified atom stereocenters. The van der Waals surface area contributed by atoms with E-state index in [1.165, 1.54) is 23.5 Å². The van der Waals surface area contributed by atoms with E-state index in [9.17, 15) is 9.18 Å². The molecule has 0 aliphatic rings. The van der Waals surface area contributed by atoms with Crippen molar-refractivity contribution in [2.75, 3.05) is 11.0 Å². The van der Waals surface area contributed by atoms with Crippen LogP contribution < -0.4 is 5.32 Å². The zero-order valence-corrected chi connectivity index (χ0v) is 12.7. The number of halogens is 2. The molecule has 2 nitrogen and oxygen atoms in total. The summed E-state index contributed by atoms with van der Waals surface area (Å²) in [7, 11) is 0. The van der Waals surface area contributed by atoms with Crippen LogP contribution in [-0.2, 0) is 0 Å². The number of nitrogens with one attached hydrogen (secondary N) is 1. The van der Waals surface area contributed by atoms with Gasteiger partial charge in [0.05, 0.1) is 4.88 Å². The third kappa shape index (κ3) is 3.41. The van der Waals surface area contributed by atoms with Gasteiger partial charge in [0.2, 0.25) is 0 Å². The van der Waals surface area contributed by atoms with Gasteiger partial charge in [0, 0.05) is 11.2 Å². The molecule has 0 spiro atoms. The molecular weight excluding hydrogens is 364 g/mol. The number of thiophene rings is 1. The largest absolute Gasteiger partial charge is 0.351 e. The second-order valence-electron chi connectivity index (χ2n) is 3.94. The third-order valence-electron chi connectivity index (χ3n) is 2.55. The van der Waals surface area contributed by atoms with Crippen molar-refractivity contribution < 1.29 is 9.18 Å². The van der Waals surface area contributed by atoms with E-state index < -0.39 is 0 Å². The molecule has 0 saturated carbocycles. The molecule has 0 fully saturated rings. The van der Waals surface area contributed by atoms with E-state index in [-0.39, 0.29) is 11.7 Å². The zero-order chi connectivity index (χ0) is 13.0. The molecule has 1 aromatic heterocycles. The van der Waals surface area contributed by atoms with Crippen LogP contribution in [0, 0.1) is 5.82 Å². The Labute approximate surface area is 123 Å². The monoisotopic (exact) mass is 377 g/mol. The molecule has 2 rings (SSSR count). The highest BCUT2D eigenvalue weighted by atomic mass is 127. The van der Waals surface area contributed by atoms with Gasteiger partial charge in [-0.15, -0.1) is 11.3 Å². The lowest BCUT2D eigenvalue weighted by molar-refractivity contribution is 0.0957. The molecule has 2 aromatic rings. The second kappa shape index (κ2) is 6.47. The first-order valence-corrected chi connectivity index (χ1v) is 8.08. The van der Waals surface area contributed by atoms with Crippen molar-refractivity contribution in [3.8, 4) is 0 Å². The fourth-order valence-corrected chi connectivity index (χ4v) is 3.17. The minimum absolute atomic E-state index is 0.0648. The highest BCUT2D eigenvalue weighted by Crippen LogP contribution is 2.26. The summed E-state index contributed by atoms with van der Waals surface area (Å²) in [5.74, 6) is -0.330. The average molecular weight is 377 g/mol. The summed E-state index contributed by atoms with van der Waals surface area (Å²) in [5.41, 5.74) is 0. The normalized spacial score (nSPS) is 10.8. The number of carbonyl (C=O) groups excluding carboxylic acids is 1. The first-order chi connectivity index (χ1) is 8.70. The van der Waals surface area contributed by atoms with Gasteiger partial charge in [-0.3, -0.25) is 4.79 Å². The fraction of sp³-hybridized carbons (Fsp3) is 0.308. The number of hydrogen-bond acceptors (Lipinski definition) is 2. The van der Waals surface area contributed by atoms with E-state index >= 15 is 0 Å². The predicted molar refractivity (Wildman–Crippen MR) is 82.2 cm³/mol. The molecule has 1 amide bonds. The first kappa shape index (κ1) is 13.7. The SMILES string of the molecule is O=C(NCCCCI)c1cc2ccc(F)cc2s1. The van der Waals surface area contributed by atoms with Gasteiger partial charge >= 0.3 is 0 Å². The van der Waals surface area contributed by atoms with Crippen LogP contribution in [0.4, 0.5) is 4.39 Å². The van der Waals surface area contributed by atoms with Crippen LogP contribution in [0.1, 0.15) is 22.5 Å². The molecule has 0 bridgehead atoms. The highest BCUT2D eigenvalue weighted by molar-refractivity contribution is 14.1. The average Bonchev–Trinajstić information content (AvgIpc) is 2.77. The molecule has 5 heteroatoms. The summed E-state index contributed by atoms with van der Waals surface area (Å²) in [4.78, 5) is 12.5. The Morgan fingerprint density at radius 1 is 1.33 bits per heavy atom. The summed E-state index contributed by atoms with van der Waals surface area (Å²) in [6, 6.07) is 6.39. The lowest BCUT2D eigenvalue weighted by Crippen LogP contribution is -2.23. The Kier molecular flexibility index (Phi) is 4.94. The summed E-state index contributed by atoms with van der Waals surface area (Å²) >= 11 is 3.65. The number of alkyl halides is 1. The molecule has 0 aliphatic carbocycles. The molecule has 0 aliphatic heterocycles. The van der Waals surface area contributed by atoms with E-state index in [1.54, 1.807) is 6.07 Å². The quantitative estimate of drug-likeness (QED) is 0.477. The first-order valence-electron chi connectivity index (χ1n) is 5.74. The second-order valence-corrected chi connectivity index (χ2v) is 6.11. The minimum Gasteiger partial charge on any atom is -0.351 e. The number of carbonyl (C=O) groups is 1. The van der Waals surface area contributed by atoms with Gasteiger partial charge in [0.15, 0.2) is 0 Å². The Morgan fingerprint density at radius 3 is 2.94 bits per heavy atom. The predicted octanol–water partition coefficient (Wildman–Crippen LogP) is 3.99. The Bertz CT molecular complexity index is 555. The number of unbranched alkanes of at least 4 members (excludes halogenated alkanes) is 1. The molecule has 0 radical (unpaired) electrons. The maximum atomic E-state index is 13.0. The van der Waals surface area contributed by atoms with Crippen molar-refractivity contribution in [2.45, 2.75) is 12.8 Å². The molecular formula is C13H13FINOS. The summed E-state index contributed by atoms with van der Waals surface area (Å²) in [5, 5.41) is 3.80. The lowest BCUT2D eigenvalue weighted by Gasteiger charge is -2.01. The summed E-state index contributed by atoms with van der Waals surface area (Å²) in [6.45, 7) is 0.699. The van der Waals surface area contributed by atoms with E-state index in [2.05, 4.69) is 27.9 Å². The smallest absolute Gasteiger partial charge is 0.261 e. The number of benzene rings is 1. The van der Waals surface area contributed by atoms with Gasteiger partial charge in [-0.25, -0.2) is 4.39 Å². The summed E-state index contributed by atoms with van der Waals surface area (Å²) < 4.78 is 15.0. The zero-order valence-electron chi connectivity index (χ0n) is 9.71. The molecule has 0 saturated heterocycles. The van der Waals surface area contributed by atoms with Gasteiger partial charge in [-0.1, -0.05) is 28.7 Å². The van der Waals surface area contributed by atoms with Gasteiger partial charge in [0.1, 0.15) is 5.82 Å². The Balaban J connectivity index is 2.04. The van der Waals surface area contributed by atoms with E-state index in [0.29, 0.717) is 11.4 Å². The van der Waals surface area contributed by atoms with Gasteiger partial charge in [-0.05, 0) is 40.9 Å². The Morgan fingerprint density at radius 2 is 2.17 bits per heavy atom. The van der Waals surface area contributed by atoms with Crippen molar-refractivity contribution in [3.05, 3.63) is 35.0 Å². The summed E-state index contributed by atoms with van der Waals surface area (Å²) in [6.07, 6.45) is 2.10. The van der Waals surface area contributed by atoms with E-state index in [4.69, 9.17) is 0 Å². The number of rotatable bonds is 5. The van der Waals surface area contributed by atoms with Crippen LogP contribution in [-0.4, -0.2) is 16.9 Å². The molecule has 18 heavy (non-hydrogen) atoms. The van der Waals surface area contributed by atoms with Gasteiger partial charge in [0.25, 0.3) is 5.91 Å². The van der Waals surface area contributed by atoms with Crippen LogP contribution in [0.3, 0.4) is 0 Å². The maximum absolute atomic E-state index is 13.0. The van der Waals surface area contributed by atoms with Crippen LogP contribution in [0.2, 0.25) is 0 Å². The minimum atomic E-state index is -0.265. The molecule has 0 atom stereocenters. The van der Waals surface area contributed by atoms with Crippen LogP contribution in [0.5, 0.6) is 0 Å². The highest BCUT2D eigenvalue weighted by Gasteiger charge is 2.09. The van der Waals surface area contributed by atoms with Crippen molar-refractivity contribution in [1.82, 2.24) is 5.32 Å².